The van der Waals surface area contributed by atoms with Crippen LogP contribution in [0.2, 0.25) is 0 Å². The second-order valence-corrected chi connectivity index (χ2v) is 4.97. The van der Waals surface area contributed by atoms with E-state index >= 15 is 0 Å². The van der Waals surface area contributed by atoms with Gasteiger partial charge in [0.05, 0.1) is 0 Å². The second kappa shape index (κ2) is 4.04. The monoisotopic (exact) mass is 235 g/mol. The maximum Gasteiger partial charge on any atom is 0.323 e. The van der Waals surface area contributed by atoms with Gasteiger partial charge in [0.1, 0.15) is 17.4 Å². The maximum atomic E-state index is 11.0. The standard InChI is InChI=1S/C13H17NO3/c1-8-5-10-6-9(3-4-11(10)17-8)7-13(2,14)12(15)16/h3-4,6,8H,5,7,14H2,1-2H3,(H,15,16)/t8-,13-/m0/s1. The Hall–Kier alpha value is -1.55. The van der Waals surface area contributed by atoms with Gasteiger partial charge < -0.3 is 15.6 Å². The smallest absolute Gasteiger partial charge is 0.323 e. The van der Waals surface area contributed by atoms with Gasteiger partial charge in [-0.1, -0.05) is 12.1 Å². The van der Waals surface area contributed by atoms with E-state index in [1.165, 1.54) is 6.92 Å². The molecule has 0 aromatic heterocycles. The molecule has 2 atom stereocenters. The Balaban J connectivity index is 2.20. The van der Waals surface area contributed by atoms with Crippen LogP contribution in [-0.4, -0.2) is 22.7 Å². The summed E-state index contributed by atoms with van der Waals surface area (Å²) in [6, 6.07) is 5.77. The summed E-state index contributed by atoms with van der Waals surface area (Å²) < 4.78 is 5.59. The highest BCUT2D eigenvalue weighted by Gasteiger charge is 2.29. The Morgan fingerprint density at radius 1 is 1.65 bits per heavy atom. The lowest BCUT2D eigenvalue weighted by molar-refractivity contribution is -0.142. The first kappa shape index (κ1) is 11.9. The van der Waals surface area contributed by atoms with Crippen LogP contribution in [0.4, 0.5) is 0 Å². The number of benzene rings is 1. The molecular weight excluding hydrogens is 218 g/mol. The molecule has 4 heteroatoms. The number of nitrogens with two attached hydrogens (primary N) is 1. The Bertz CT molecular complexity index is 454. The van der Waals surface area contributed by atoms with Gasteiger partial charge in [-0.2, -0.15) is 0 Å². The zero-order valence-corrected chi connectivity index (χ0v) is 10.1. The normalized spacial score (nSPS) is 21.5. The Labute approximate surface area is 100 Å². The summed E-state index contributed by atoms with van der Waals surface area (Å²) in [5, 5.41) is 8.99. The number of rotatable bonds is 3. The summed E-state index contributed by atoms with van der Waals surface area (Å²) in [4.78, 5) is 11.0. The highest BCUT2D eigenvalue weighted by molar-refractivity contribution is 5.78. The van der Waals surface area contributed by atoms with Crippen molar-refractivity contribution in [2.45, 2.75) is 38.3 Å². The largest absolute Gasteiger partial charge is 0.490 e. The first-order chi connectivity index (χ1) is 7.88. The molecule has 0 bridgehead atoms. The van der Waals surface area contributed by atoms with Crippen molar-refractivity contribution in [1.82, 2.24) is 0 Å². The van der Waals surface area contributed by atoms with Crippen molar-refractivity contribution >= 4 is 5.97 Å². The fourth-order valence-electron chi connectivity index (χ4n) is 2.08. The molecule has 1 aliphatic rings. The van der Waals surface area contributed by atoms with E-state index in [9.17, 15) is 4.79 Å². The molecule has 0 saturated carbocycles. The van der Waals surface area contributed by atoms with Crippen molar-refractivity contribution in [2.75, 3.05) is 0 Å². The van der Waals surface area contributed by atoms with Gasteiger partial charge >= 0.3 is 5.97 Å². The Morgan fingerprint density at radius 2 is 2.35 bits per heavy atom. The highest BCUT2D eigenvalue weighted by Crippen LogP contribution is 2.30. The van der Waals surface area contributed by atoms with Gasteiger partial charge in [-0.25, -0.2) is 0 Å². The Kier molecular flexibility index (Phi) is 2.83. The van der Waals surface area contributed by atoms with E-state index in [0.29, 0.717) is 6.42 Å². The number of hydrogen-bond donors (Lipinski definition) is 2. The van der Waals surface area contributed by atoms with Crippen LogP contribution in [-0.2, 0) is 17.6 Å². The molecule has 0 radical (unpaired) electrons. The van der Waals surface area contributed by atoms with Gasteiger partial charge in [-0.05, 0) is 31.0 Å². The minimum atomic E-state index is -1.22. The van der Waals surface area contributed by atoms with Crippen molar-refractivity contribution in [3.05, 3.63) is 29.3 Å². The van der Waals surface area contributed by atoms with Crippen LogP contribution in [0.3, 0.4) is 0 Å². The number of ether oxygens (including phenoxy) is 1. The van der Waals surface area contributed by atoms with Crippen LogP contribution in [0.1, 0.15) is 25.0 Å². The van der Waals surface area contributed by atoms with Crippen molar-refractivity contribution in [3.8, 4) is 5.75 Å². The molecule has 1 heterocycles. The molecule has 0 aliphatic carbocycles. The van der Waals surface area contributed by atoms with E-state index in [-0.39, 0.29) is 6.10 Å². The third kappa shape index (κ3) is 2.42. The third-order valence-corrected chi connectivity index (χ3v) is 3.02. The van der Waals surface area contributed by atoms with E-state index in [4.69, 9.17) is 15.6 Å². The summed E-state index contributed by atoms with van der Waals surface area (Å²) in [5.74, 6) is -0.0853. The van der Waals surface area contributed by atoms with Crippen molar-refractivity contribution < 1.29 is 14.6 Å². The molecule has 0 unspecified atom stereocenters. The molecule has 3 N–H and O–H groups in total. The minimum absolute atomic E-state index is 0.198. The van der Waals surface area contributed by atoms with E-state index < -0.39 is 11.5 Å². The van der Waals surface area contributed by atoms with E-state index in [2.05, 4.69) is 0 Å². The number of carbonyl (C=O) groups is 1. The average Bonchev–Trinajstić information content (AvgIpc) is 2.56. The molecular formula is C13H17NO3. The maximum absolute atomic E-state index is 11.0. The molecule has 1 aromatic carbocycles. The first-order valence-corrected chi connectivity index (χ1v) is 5.69. The number of hydrogen-bond acceptors (Lipinski definition) is 3. The molecule has 0 saturated heterocycles. The molecule has 0 amide bonds. The predicted octanol–water partition coefficient (Wildman–Crippen LogP) is 1.35. The minimum Gasteiger partial charge on any atom is -0.490 e. The van der Waals surface area contributed by atoms with Crippen LogP contribution in [0, 0.1) is 0 Å². The summed E-state index contributed by atoms with van der Waals surface area (Å²) >= 11 is 0. The molecule has 92 valence electrons. The second-order valence-electron chi connectivity index (χ2n) is 4.97. The summed E-state index contributed by atoms with van der Waals surface area (Å²) in [6.45, 7) is 3.55. The molecule has 4 nitrogen and oxygen atoms in total. The lowest BCUT2D eigenvalue weighted by Crippen LogP contribution is -2.46. The molecule has 2 rings (SSSR count). The van der Waals surface area contributed by atoms with Gasteiger partial charge in [0.25, 0.3) is 0 Å². The van der Waals surface area contributed by atoms with Crippen LogP contribution >= 0.6 is 0 Å². The Morgan fingerprint density at radius 3 is 3.00 bits per heavy atom. The average molecular weight is 235 g/mol. The zero-order valence-electron chi connectivity index (χ0n) is 10.1. The third-order valence-electron chi connectivity index (χ3n) is 3.02. The summed E-state index contributed by atoms with van der Waals surface area (Å²) in [6.07, 6.45) is 1.39. The van der Waals surface area contributed by atoms with Gasteiger partial charge in [0, 0.05) is 12.8 Å². The predicted molar refractivity (Wildman–Crippen MR) is 64.2 cm³/mol. The van der Waals surface area contributed by atoms with Crippen LogP contribution in [0.5, 0.6) is 5.75 Å². The van der Waals surface area contributed by atoms with E-state index in [0.717, 1.165) is 23.3 Å². The molecule has 1 aromatic rings. The fourth-order valence-corrected chi connectivity index (χ4v) is 2.08. The SMILES string of the molecule is C[C@H]1Cc2cc(C[C@](C)(N)C(=O)O)ccc2O1. The molecule has 0 fully saturated rings. The molecule has 0 spiro atoms. The van der Waals surface area contributed by atoms with Crippen molar-refractivity contribution in [2.24, 2.45) is 5.73 Å². The number of fused-ring (bicyclic) bond motifs is 1. The summed E-state index contributed by atoms with van der Waals surface area (Å²) in [5.41, 5.74) is 6.58. The first-order valence-electron chi connectivity index (χ1n) is 5.69. The lowest BCUT2D eigenvalue weighted by atomic mass is 9.93. The molecule has 17 heavy (non-hydrogen) atoms. The molecule has 1 aliphatic heterocycles. The van der Waals surface area contributed by atoms with Crippen LogP contribution < -0.4 is 10.5 Å². The zero-order chi connectivity index (χ0) is 12.6. The highest BCUT2D eigenvalue weighted by atomic mass is 16.5. The fraction of sp³-hybridized carbons (Fsp3) is 0.462. The van der Waals surface area contributed by atoms with Gasteiger partial charge in [-0.15, -0.1) is 0 Å². The number of aliphatic carboxylic acids is 1. The quantitative estimate of drug-likeness (QED) is 0.829. The van der Waals surface area contributed by atoms with E-state index in [1.54, 1.807) is 0 Å². The van der Waals surface area contributed by atoms with Gasteiger partial charge in [0.2, 0.25) is 0 Å². The van der Waals surface area contributed by atoms with Crippen LogP contribution in [0.25, 0.3) is 0 Å². The van der Waals surface area contributed by atoms with Crippen molar-refractivity contribution in [3.63, 3.8) is 0 Å². The van der Waals surface area contributed by atoms with Crippen LogP contribution in [0.15, 0.2) is 18.2 Å². The van der Waals surface area contributed by atoms with Crippen molar-refractivity contribution in [1.29, 1.82) is 0 Å². The number of carboxylic acids is 1. The topological polar surface area (TPSA) is 72.6 Å². The van der Waals surface area contributed by atoms with Gasteiger partial charge in [0.15, 0.2) is 0 Å². The van der Waals surface area contributed by atoms with E-state index in [1.807, 2.05) is 25.1 Å². The lowest BCUT2D eigenvalue weighted by Gasteiger charge is -2.19. The summed E-state index contributed by atoms with van der Waals surface area (Å²) in [7, 11) is 0. The number of carboxylic acid groups (broad SMARTS) is 1. The van der Waals surface area contributed by atoms with Gasteiger partial charge in [-0.3, -0.25) is 4.79 Å².